The molecule has 3 aromatic rings. The minimum absolute atomic E-state index is 0.0242. The summed E-state index contributed by atoms with van der Waals surface area (Å²) in [6.07, 6.45) is 0. The third-order valence-electron chi connectivity index (χ3n) is 3.54. The Kier molecular flexibility index (Phi) is 6.54. The minimum atomic E-state index is -0.401. The lowest BCUT2D eigenvalue weighted by Crippen LogP contribution is -2.20. The summed E-state index contributed by atoms with van der Waals surface area (Å²) < 4.78 is 16.1. The molecule has 1 heterocycles. The number of ether oxygens (including phenoxy) is 2. The van der Waals surface area contributed by atoms with E-state index in [0.29, 0.717) is 22.6 Å². The van der Waals surface area contributed by atoms with Gasteiger partial charge in [0.05, 0.1) is 7.11 Å². The quantitative estimate of drug-likeness (QED) is 0.566. The highest BCUT2D eigenvalue weighted by molar-refractivity contribution is 7.99. The Hall–Kier alpha value is -3.00. The molecule has 0 radical (unpaired) electrons. The van der Waals surface area contributed by atoms with Crippen molar-refractivity contribution >= 4 is 23.7 Å². The van der Waals surface area contributed by atoms with Crippen LogP contribution in [0.1, 0.15) is 13.8 Å². The second-order valence-electron chi connectivity index (χ2n) is 6.12. The Bertz CT molecular complexity index is 942. The zero-order valence-electron chi connectivity index (χ0n) is 15.8. The summed E-state index contributed by atoms with van der Waals surface area (Å²) in [5, 5.41) is 10.9. The molecule has 1 aromatic heterocycles. The fraction of sp³-hybridized carbons (Fsp3) is 0.250. The van der Waals surface area contributed by atoms with E-state index in [1.165, 1.54) is 0 Å². The maximum Gasteiger partial charge on any atom is 0.322 e. The molecule has 0 bridgehead atoms. The number of hydrogen-bond acceptors (Lipinski definition) is 7. The summed E-state index contributed by atoms with van der Waals surface area (Å²) in [5.41, 5.74) is 0.797. The Balaban J connectivity index is 1.59. The third-order valence-corrected chi connectivity index (χ3v) is 4.53. The summed E-state index contributed by atoms with van der Waals surface area (Å²) in [6, 6.07) is 14.9. The molecule has 8 heteroatoms. The molecular formula is C20H21N3O4S. The van der Waals surface area contributed by atoms with Crippen LogP contribution in [0.2, 0.25) is 0 Å². The van der Waals surface area contributed by atoms with Gasteiger partial charge in [0, 0.05) is 21.8 Å². The second-order valence-corrected chi connectivity index (χ2v) is 7.77. The van der Waals surface area contributed by atoms with E-state index >= 15 is 0 Å². The van der Waals surface area contributed by atoms with Gasteiger partial charge in [0.25, 0.3) is 5.91 Å². The van der Waals surface area contributed by atoms with Gasteiger partial charge in [-0.25, -0.2) is 0 Å². The van der Waals surface area contributed by atoms with Crippen molar-refractivity contribution < 1.29 is 18.7 Å². The van der Waals surface area contributed by atoms with Crippen LogP contribution in [-0.2, 0) is 4.79 Å². The molecule has 0 saturated heterocycles. The molecule has 0 spiro atoms. The van der Waals surface area contributed by atoms with Crippen LogP contribution in [0.15, 0.2) is 57.8 Å². The maximum absolute atomic E-state index is 12.1. The zero-order chi connectivity index (χ0) is 19.9. The van der Waals surface area contributed by atoms with Crippen molar-refractivity contribution in [2.45, 2.75) is 24.0 Å². The first-order chi connectivity index (χ1) is 13.5. The molecule has 3 rings (SSSR count). The SMILES string of the molecule is COc1cccc(OCC(=O)Nc2nnc(-c3cccc(SC(C)C)c3)o2)c1. The number of amides is 1. The summed E-state index contributed by atoms with van der Waals surface area (Å²) in [7, 11) is 1.57. The van der Waals surface area contributed by atoms with Crippen LogP contribution in [0.3, 0.4) is 0 Å². The topological polar surface area (TPSA) is 86.5 Å². The molecule has 28 heavy (non-hydrogen) atoms. The molecule has 0 aliphatic heterocycles. The largest absolute Gasteiger partial charge is 0.497 e. The molecule has 0 aliphatic rings. The van der Waals surface area contributed by atoms with Crippen molar-refractivity contribution in [1.29, 1.82) is 0 Å². The number of carbonyl (C=O) groups excluding carboxylic acids is 1. The van der Waals surface area contributed by atoms with Gasteiger partial charge >= 0.3 is 6.01 Å². The highest BCUT2D eigenvalue weighted by atomic mass is 32.2. The van der Waals surface area contributed by atoms with Crippen LogP contribution in [0.5, 0.6) is 11.5 Å². The van der Waals surface area contributed by atoms with Gasteiger partial charge in [-0.15, -0.1) is 16.9 Å². The lowest BCUT2D eigenvalue weighted by atomic mass is 10.2. The van der Waals surface area contributed by atoms with Gasteiger partial charge in [0.1, 0.15) is 11.5 Å². The van der Waals surface area contributed by atoms with Gasteiger partial charge in [-0.3, -0.25) is 10.1 Å². The number of nitrogens with zero attached hydrogens (tertiary/aromatic N) is 2. The van der Waals surface area contributed by atoms with E-state index in [2.05, 4.69) is 29.4 Å². The number of benzene rings is 2. The predicted molar refractivity (Wildman–Crippen MR) is 108 cm³/mol. The van der Waals surface area contributed by atoms with Crippen molar-refractivity contribution in [2.24, 2.45) is 0 Å². The number of carbonyl (C=O) groups is 1. The molecule has 0 unspecified atom stereocenters. The third kappa shape index (κ3) is 5.50. The normalized spacial score (nSPS) is 10.7. The van der Waals surface area contributed by atoms with Gasteiger partial charge in [-0.05, 0) is 30.3 Å². The summed E-state index contributed by atoms with van der Waals surface area (Å²) in [4.78, 5) is 13.2. The van der Waals surface area contributed by atoms with Gasteiger partial charge in [-0.1, -0.05) is 31.1 Å². The van der Waals surface area contributed by atoms with E-state index in [1.54, 1.807) is 43.1 Å². The van der Waals surface area contributed by atoms with Crippen molar-refractivity contribution in [3.05, 3.63) is 48.5 Å². The number of thioether (sulfide) groups is 1. The molecular weight excluding hydrogens is 378 g/mol. The second kappa shape index (κ2) is 9.27. The van der Waals surface area contributed by atoms with Gasteiger partial charge < -0.3 is 13.9 Å². The van der Waals surface area contributed by atoms with Crippen LogP contribution in [0.25, 0.3) is 11.5 Å². The molecule has 0 aliphatic carbocycles. The Labute approximate surface area is 167 Å². The summed E-state index contributed by atoms with van der Waals surface area (Å²) >= 11 is 1.75. The fourth-order valence-corrected chi connectivity index (χ4v) is 3.26. The standard InChI is InChI=1S/C20H21N3O4S/c1-13(2)28-17-9-4-6-14(10-17)19-22-23-20(27-19)21-18(24)12-26-16-8-5-7-15(11-16)25-3/h4-11,13H,12H2,1-3H3,(H,21,23,24). The molecule has 1 amide bonds. The van der Waals surface area contributed by atoms with Gasteiger partial charge in [-0.2, -0.15) is 0 Å². The smallest absolute Gasteiger partial charge is 0.322 e. The molecule has 146 valence electrons. The minimum Gasteiger partial charge on any atom is -0.497 e. The molecule has 7 nitrogen and oxygen atoms in total. The Morgan fingerprint density at radius 2 is 1.93 bits per heavy atom. The highest BCUT2D eigenvalue weighted by Gasteiger charge is 2.13. The van der Waals surface area contributed by atoms with E-state index in [-0.39, 0.29) is 12.6 Å². The van der Waals surface area contributed by atoms with Gasteiger partial charge in [0.2, 0.25) is 5.89 Å². The zero-order valence-corrected chi connectivity index (χ0v) is 16.7. The van der Waals surface area contributed by atoms with Crippen LogP contribution >= 0.6 is 11.8 Å². The number of anilines is 1. The maximum atomic E-state index is 12.1. The predicted octanol–water partition coefficient (Wildman–Crippen LogP) is 4.26. The monoisotopic (exact) mass is 399 g/mol. The number of methoxy groups -OCH3 is 1. The highest BCUT2D eigenvalue weighted by Crippen LogP contribution is 2.28. The molecule has 2 aromatic carbocycles. The first-order valence-corrected chi connectivity index (χ1v) is 9.59. The van der Waals surface area contributed by atoms with Crippen molar-refractivity contribution in [3.63, 3.8) is 0 Å². The first kappa shape index (κ1) is 19.8. The first-order valence-electron chi connectivity index (χ1n) is 8.71. The fourth-order valence-electron chi connectivity index (χ4n) is 2.36. The van der Waals surface area contributed by atoms with E-state index in [9.17, 15) is 4.79 Å². The van der Waals surface area contributed by atoms with Crippen LogP contribution in [0, 0.1) is 0 Å². The number of rotatable bonds is 8. The number of nitrogens with one attached hydrogen (secondary N) is 1. The van der Waals surface area contributed by atoms with E-state index in [4.69, 9.17) is 13.9 Å². The summed E-state index contributed by atoms with van der Waals surface area (Å²) in [5.74, 6) is 1.12. The lowest BCUT2D eigenvalue weighted by molar-refractivity contribution is -0.118. The summed E-state index contributed by atoms with van der Waals surface area (Å²) in [6.45, 7) is 4.07. The van der Waals surface area contributed by atoms with E-state index in [0.717, 1.165) is 10.5 Å². The van der Waals surface area contributed by atoms with Crippen molar-refractivity contribution in [2.75, 3.05) is 19.0 Å². The van der Waals surface area contributed by atoms with Crippen LogP contribution < -0.4 is 14.8 Å². The van der Waals surface area contributed by atoms with E-state index < -0.39 is 5.91 Å². The molecule has 0 fully saturated rings. The molecule has 1 N–H and O–H groups in total. The Morgan fingerprint density at radius 1 is 1.14 bits per heavy atom. The Morgan fingerprint density at radius 3 is 2.71 bits per heavy atom. The van der Waals surface area contributed by atoms with E-state index in [1.807, 2.05) is 24.3 Å². The lowest BCUT2D eigenvalue weighted by Gasteiger charge is -2.06. The van der Waals surface area contributed by atoms with Crippen LogP contribution in [0.4, 0.5) is 6.01 Å². The van der Waals surface area contributed by atoms with Crippen molar-refractivity contribution in [3.8, 4) is 23.0 Å². The molecule has 0 atom stereocenters. The number of aromatic nitrogens is 2. The average molecular weight is 399 g/mol. The van der Waals surface area contributed by atoms with Crippen molar-refractivity contribution in [1.82, 2.24) is 10.2 Å². The van der Waals surface area contributed by atoms with Gasteiger partial charge in [0.15, 0.2) is 6.61 Å². The number of hydrogen-bond donors (Lipinski definition) is 1. The average Bonchev–Trinajstić information content (AvgIpc) is 3.15. The van der Waals surface area contributed by atoms with Crippen LogP contribution in [-0.4, -0.2) is 35.1 Å². The molecule has 0 saturated carbocycles.